The molecule has 11 heteroatoms. The predicted molar refractivity (Wildman–Crippen MR) is 176 cm³/mol. The number of benzene rings is 1. The molecule has 2 aliphatic rings. The number of nitrogens with one attached hydrogen (secondary N) is 1. The van der Waals surface area contributed by atoms with Gasteiger partial charge in [0.05, 0.1) is 30.2 Å². The lowest BCUT2D eigenvalue weighted by molar-refractivity contribution is -0.155. The van der Waals surface area contributed by atoms with Crippen LogP contribution in [0.15, 0.2) is 47.6 Å². The van der Waals surface area contributed by atoms with Gasteiger partial charge in [0.15, 0.2) is 12.0 Å². The van der Waals surface area contributed by atoms with E-state index in [1.54, 1.807) is 20.0 Å². The zero-order valence-electron chi connectivity index (χ0n) is 26.7. The number of esters is 1. The number of nitrogens with two attached hydrogens (primary N) is 1. The van der Waals surface area contributed by atoms with Crippen LogP contribution in [-0.2, 0) is 25.6 Å². The fourth-order valence-electron chi connectivity index (χ4n) is 5.63. The third-order valence-corrected chi connectivity index (χ3v) is 7.69. The van der Waals surface area contributed by atoms with Gasteiger partial charge < -0.3 is 30.2 Å². The van der Waals surface area contributed by atoms with E-state index in [1.807, 2.05) is 57.2 Å². The molecule has 0 spiro atoms. The predicted octanol–water partition coefficient (Wildman–Crippen LogP) is 5.73. The number of rotatable bonds is 12. The lowest BCUT2D eigenvalue weighted by atomic mass is 9.81. The van der Waals surface area contributed by atoms with Gasteiger partial charge in [-0.2, -0.15) is 13.5 Å². The van der Waals surface area contributed by atoms with Crippen molar-refractivity contribution in [2.75, 3.05) is 6.61 Å². The fraction of sp³-hybridized carbons (Fsp3) is 0.576. The number of carbonyl (C=O) groups excluding carboxylic acids is 2. The van der Waals surface area contributed by atoms with E-state index in [4.69, 9.17) is 19.9 Å². The minimum absolute atomic E-state index is 0. The fourth-order valence-corrected chi connectivity index (χ4v) is 5.63. The van der Waals surface area contributed by atoms with E-state index >= 15 is 0 Å². The van der Waals surface area contributed by atoms with Gasteiger partial charge in [-0.3, -0.25) is 4.79 Å². The van der Waals surface area contributed by atoms with Crippen molar-refractivity contribution in [2.45, 2.75) is 110 Å². The van der Waals surface area contributed by atoms with Gasteiger partial charge in [0, 0.05) is 30.6 Å². The monoisotopic (exact) mass is 627 g/mol. The summed E-state index contributed by atoms with van der Waals surface area (Å²) in [6.45, 7) is 9.87. The van der Waals surface area contributed by atoms with E-state index in [0.717, 1.165) is 36.9 Å². The molecule has 3 N–H and O–H groups in total. The first-order valence-electron chi connectivity index (χ1n) is 15.4. The Hall–Kier alpha value is -3.31. The zero-order valence-corrected chi connectivity index (χ0v) is 27.7. The summed E-state index contributed by atoms with van der Waals surface area (Å²) in [6.07, 6.45) is 7.88. The molecule has 2 heterocycles. The van der Waals surface area contributed by atoms with E-state index in [2.05, 4.69) is 20.2 Å². The largest absolute Gasteiger partial charge is 0.461 e. The number of ether oxygens (including phenoxy) is 3. The normalized spacial score (nSPS) is 16.7. The molecule has 0 saturated heterocycles. The van der Waals surface area contributed by atoms with Gasteiger partial charge in [-0.05, 0) is 71.9 Å². The number of aromatic nitrogens is 1. The van der Waals surface area contributed by atoms with Crippen LogP contribution in [0.5, 0.6) is 11.6 Å². The zero-order chi connectivity index (χ0) is 31.0. The standard InChI is InChI=1S/C33H47N5O5.H2S/c1-22(2)42-31(40)27(21-41-33(3,4)5)36-29(39)17-16-28(23-12-8-6-9-13-23)38-20-24-18-30(35-19-26(24)37-32(38)34)43-25-14-10-7-11-15-25;/h7,10-11,14-15,18-19,22-23,27-28H,6,8-9,12-13,16-17,20-21H2,1-5H3,(H2,34,37)(H,36,39);1H2/t27-,28+;/m1./s1. The number of fused-ring (bicyclic) bond motifs is 1. The van der Waals surface area contributed by atoms with Crippen LogP contribution in [0.2, 0.25) is 0 Å². The summed E-state index contributed by atoms with van der Waals surface area (Å²) >= 11 is 0. The molecule has 1 aromatic heterocycles. The molecule has 1 saturated carbocycles. The smallest absolute Gasteiger partial charge is 0.331 e. The molecule has 1 aliphatic heterocycles. The Balaban J connectivity index is 0.00000529. The molecule has 0 bridgehead atoms. The Morgan fingerprint density at radius 3 is 2.48 bits per heavy atom. The van der Waals surface area contributed by atoms with Crippen LogP contribution in [0.25, 0.3) is 0 Å². The van der Waals surface area contributed by atoms with Crippen LogP contribution in [0.1, 0.15) is 85.1 Å². The van der Waals surface area contributed by atoms with Crippen LogP contribution in [-0.4, -0.2) is 58.1 Å². The summed E-state index contributed by atoms with van der Waals surface area (Å²) in [5, 5.41) is 2.87. The van der Waals surface area contributed by atoms with E-state index in [-0.39, 0.29) is 44.6 Å². The number of guanidine groups is 1. The summed E-state index contributed by atoms with van der Waals surface area (Å²) in [4.78, 5) is 37.3. The Kier molecular flexibility index (Phi) is 12.9. The van der Waals surface area contributed by atoms with Gasteiger partial charge >= 0.3 is 5.97 Å². The quantitative estimate of drug-likeness (QED) is 0.286. The minimum atomic E-state index is -0.883. The Labute approximate surface area is 268 Å². The van der Waals surface area contributed by atoms with Gasteiger partial charge in [0.2, 0.25) is 11.8 Å². The van der Waals surface area contributed by atoms with Crippen molar-refractivity contribution in [3.63, 3.8) is 0 Å². The van der Waals surface area contributed by atoms with Crippen LogP contribution in [0, 0.1) is 5.92 Å². The van der Waals surface area contributed by atoms with Crippen LogP contribution in [0.3, 0.4) is 0 Å². The van der Waals surface area contributed by atoms with Crippen molar-refractivity contribution in [2.24, 2.45) is 16.6 Å². The molecule has 1 aromatic carbocycles. The molecule has 0 unspecified atom stereocenters. The van der Waals surface area contributed by atoms with Crippen molar-refractivity contribution in [3.05, 3.63) is 48.2 Å². The number of pyridine rings is 1. The van der Waals surface area contributed by atoms with Crippen molar-refractivity contribution in [1.29, 1.82) is 0 Å². The Bertz CT molecular complexity index is 1260. The second-order valence-corrected chi connectivity index (χ2v) is 12.7. The second kappa shape index (κ2) is 16.1. The third-order valence-electron chi connectivity index (χ3n) is 7.69. The summed E-state index contributed by atoms with van der Waals surface area (Å²) in [5.74, 6) is 1.29. The molecular formula is C33H49N5O5S. The Morgan fingerprint density at radius 1 is 1.11 bits per heavy atom. The van der Waals surface area contributed by atoms with Crippen LogP contribution >= 0.6 is 13.5 Å². The molecule has 44 heavy (non-hydrogen) atoms. The highest BCUT2D eigenvalue weighted by Gasteiger charge is 2.34. The van der Waals surface area contributed by atoms with Gasteiger partial charge in [-0.25, -0.2) is 14.8 Å². The number of amides is 1. The number of hydrogen-bond donors (Lipinski definition) is 2. The lowest BCUT2D eigenvalue weighted by Gasteiger charge is -2.41. The van der Waals surface area contributed by atoms with Crippen LogP contribution < -0.4 is 15.8 Å². The van der Waals surface area contributed by atoms with E-state index in [0.29, 0.717) is 36.5 Å². The molecule has 4 rings (SSSR count). The van der Waals surface area contributed by atoms with E-state index < -0.39 is 17.6 Å². The molecule has 10 nitrogen and oxygen atoms in total. The lowest BCUT2D eigenvalue weighted by Crippen LogP contribution is -2.50. The molecule has 242 valence electrons. The first-order valence-corrected chi connectivity index (χ1v) is 15.4. The van der Waals surface area contributed by atoms with Gasteiger partial charge in [0.1, 0.15) is 5.75 Å². The maximum Gasteiger partial charge on any atom is 0.331 e. The number of aliphatic imine (C=N–C) groups is 1. The summed E-state index contributed by atoms with van der Waals surface area (Å²) in [7, 11) is 0. The highest BCUT2D eigenvalue weighted by molar-refractivity contribution is 7.59. The van der Waals surface area contributed by atoms with Gasteiger partial charge in [0.25, 0.3) is 0 Å². The summed E-state index contributed by atoms with van der Waals surface area (Å²) in [5.41, 5.74) is 7.78. The number of para-hydroxylation sites is 1. The van der Waals surface area contributed by atoms with Crippen molar-refractivity contribution < 1.29 is 23.8 Å². The SMILES string of the molecule is CC(C)OC(=O)[C@@H](COC(C)(C)C)NC(=O)CC[C@@H](C1CCCCC1)N1Cc2cc(Oc3ccccc3)ncc2N=C1N.S. The number of nitrogens with zero attached hydrogens (tertiary/aromatic N) is 3. The van der Waals surface area contributed by atoms with Crippen LogP contribution in [0.4, 0.5) is 5.69 Å². The maximum absolute atomic E-state index is 13.3. The molecule has 1 aliphatic carbocycles. The van der Waals surface area contributed by atoms with Crippen molar-refractivity contribution in [1.82, 2.24) is 15.2 Å². The average Bonchev–Trinajstić information content (AvgIpc) is 2.96. The number of carbonyl (C=O) groups is 2. The Morgan fingerprint density at radius 2 is 1.82 bits per heavy atom. The molecule has 1 fully saturated rings. The molecule has 1 amide bonds. The van der Waals surface area contributed by atoms with Crippen molar-refractivity contribution >= 4 is 37.0 Å². The molecule has 2 atom stereocenters. The van der Waals surface area contributed by atoms with Gasteiger partial charge in [-0.15, -0.1) is 0 Å². The molecular weight excluding hydrogens is 578 g/mol. The summed E-state index contributed by atoms with van der Waals surface area (Å²) < 4.78 is 17.2. The minimum Gasteiger partial charge on any atom is -0.461 e. The highest BCUT2D eigenvalue weighted by atomic mass is 32.1. The highest BCUT2D eigenvalue weighted by Crippen LogP contribution is 2.36. The van der Waals surface area contributed by atoms with Gasteiger partial charge in [-0.1, -0.05) is 37.5 Å². The average molecular weight is 628 g/mol. The summed E-state index contributed by atoms with van der Waals surface area (Å²) in [6, 6.07) is 10.6. The topological polar surface area (TPSA) is 128 Å². The van der Waals surface area contributed by atoms with Crippen molar-refractivity contribution in [3.8, 4) is 11.6 Å². The maximum atomic E-state index is 13.3. The molecule has 0 radical (unpaired) electrons. The van der Waals surface area contributed by atoms with E-state index in [1.165, 1.54) is 6.42 Å². The second-order valence-electron chi connectivity index (χ2n) is 12.7. The van der Waals surface area contributed by atoms with E-state index in [9.17, 15) is 9.59 Å². The first-order chi connectivity index (χ1) is 20.5. The number of hydrogen-bond acceptors (Lipinski definition) is 9. The third kappa shape index (κ3) is 10.4. The first kappa shape index (κ1) is 35.2. The molecule has 2 aromatic rings.